The minimum absolute atomic E-state index is 0.252. The molecule has 32 heavy (non-hydrogen) atoms. The van der Waals surface area contributed by atoms with Gasteiger partial charge in [0.15, 0.2) is 5.16 Å². The summed E-state index contributed by atoms with van der Waals surface area (Å²) in [5, 5.41) is 13.0. The lowest BCUT2D eigenvalue weighted by Gasteiger charge is -2.16. The number of thioether (sulfide) groups is 1. The van der Waals surface area contributed by atoms with E-state index in [1.165, 1.54) is 12.1 Å². The standard InChI is InChI=1S/C22H24F3N5OS/c1-29-19(18-7-9-26-31-18)27-28-20(29)32-12-2-10-30-11-8-21(14-30)13-17(21)15-3-5-16(6-4-15)22(23,24)25/h3-7,9,17H,2,8,10-14H2,1H3/t17?,21-/m0/s1. The topological polar surface area (TPSA) is 60.0 Å². The van der Waals surface area contributed by atoms with Gasteiger partial charge in [0.1, 0.15) is 0 Å². The fourth-order valence-corrected chi connectivity index (χ4v) is 5.62. The second-order valence-electron chi connectivity index (χ2n) is 8.71. The Morgan fingerprint density at radius 2 is 2.00 bits per heavy atom. The van der Waals surface area contributed by atoms with Gasteiger partial charge in [-0.2, -0.15) is 13.2 Å². The van der Waals surface area contributed by atoms with E-state index in [1.54, 1.807) is 36.2 Å². The summed E-state index contributed by atoms with van der Waals surface area (Å²) in [7, 11) is 1.92. The molecule has 0 bridgehead atoms. The Hall–Kier alpha value is -2.33. The first-order valence-corrected chi connectivity index (χ1v) is 11.7. The molecule has 170 valence electrons. The predicted molar refractivity (Wildman–Crippen MR) is 114 cm³/mol. The van der Waals surface area contributed by atoms with E-state index in [0.717, 1.165) is 55.4 Å². The first kappa shape index (κ1) is 21.5. The molecule has 3 aromatic rings. The van der Waals surface area contributed by atoms with Gasteiger partial charge in [-0.15, -0.1) is 10.2 Å². The second kappa shape index (κ2) is 8.22. The van der Waals surface area contributed by atoms with Gasteiger partial charge < -0.3 is 14.0 Å². The van der Waals surface area contributed by atoms with Crippen LogP contribution in [0.2, 0.25) is 0 Å². The molecule has 0 amide bonds. The number of aromatic nitrogens is 4. The lowest BCUT2D eigenvalue weighted by atomic mass is 9.97. The maximum absolute atomic E-state index is 12.8. The normalized spacial score (nSPS) is 23.3. The minimum Gasteiger partial charge on any atom is -0.353 e. The SMILES string of the molecule is Cn1c(SCCCN2CC[C@]3(CC3c3ccc(C(F)(F)F)cc3)C2)nnc1-c1ccno1. The van der Waals surface area contributed by atoms with Crippen molar-refractivity contribution in [3.05, 3.63) is 47.7 Å². The minimum atomic E-state index is -4.27. The molecule has 1 saturated carbocycles. The zero-order valence-electron chi connectivity index (χ0n) is 17.7. The Labute approximate surface area is 188 Å². The highest BCUT2D eigenvalue weighted by Crippen LogP contribution is 2.64. The van der Waals surface area contributed by atoms with Crippen molar-refractivity contribution < 1.29 is 17.7 Å². The van der Waals surface area contributed by atoms with Gasteiger partial charge >= 0.3 is 6.18 Å². The molecular weight excluding hydrogens is 439 g/mol. The average molecular weight is 464 g/mol. The molecule has 1 aliphatic carbocycles. The third kappa shape index (κ3) is 4.17. The average Bonchev–Trinajstić information content (AvgIpc) is 3.16. The molecule has 1 aliphatic heterocycles. The zero-order valence-corrected chi connectivity index (χ0v) is 18.5. The summed E-state index contributed by atoms with van der Waals surface area (Å²) in [6.45, 7) is 3.10. The molecule has 2 fully saturated rings. The summed E-state index contributed by atoms with van der Waals surface area (Å²) in [5.41, 5.74) is 0.722. The molecule has 2 aliphatic rings. The van der Waals surface area contributed by atoms with Crippen molar-refractivity contribution in [1.82, 2.24) is 24.8 Å². The predicted octanol–water partition coefficient (Wildman–Crippen LogP) is 4.85. The Kier molecular flexibility index (Phi) is 5.53. The van der Waals surface area contributed by atoms with Gasteiger partial charge in [0, 0.05) is 25.4 Å². The highest BCUT2D eigenvalue weighted by Gasteiger charge is 2.57. The molecular formula is C22H24F3N5OS. The number of hydrogen-bond donors (Lipinski definition) is 0. The summed E-state index contributed by atoms with van der Waals surface area (Å²) in [6.07, 6.45) is 0.547. The zero-order chi connectivity index (χ0) is 22.3. The monoisotopic (exact) mass is 463 g/mol. The summed E-state index contributed by atoms with van der Waals surface area (Å²) in [6, 6.07) is 7.51. The van der Waals surface area contributed by atoms with Gasteiger partial charge in [0.05, 0.1) is 11.8 Å². The molecule has 1 saturated heterocycles. The number of benzene rings is 1. The fraction of sp³-hybridized carbons (Fsp3) is 0.500. The van der Waals surface area contributed by atoms with Crippen molar-refractivity contribution >= 4 is 11.8 Å². The fourth-order valence-electron chi connectivity index (χ4n) is 4.79. The molecule has 1 unspecified atom stereocenters. The lowest BCUT2D eigenvalue weighted by molar-refractivity contribution is -0.137. The van der Waals surface area contributed by atoms with Gasteiger partial charge in [0.25, 0.3) is 0 Å². The van der Waals surface area contributed by atoms with E-state index in [-0.39, 0.29) is 5.41 Å². The van der Waals surface area contributed by atoms with Crippen LogP contribution >= 0.6 is 11.8 Å². The second-order valence-corrected chi connectivity index (χ2v) is 9.77. The van der Waals surface area contributed by atoms with E-state index in [4.69, 9.17) is 4.52 Å². The van der Waals surface area contributed by atoms with Crippen LogP contribution in [0.25, 0.3) is 11.6 Å². The number of hydrogen-bond acceptors (Lipinski definition) is 6. The van der Waals surface area contributed by atoms with Gasteiger partial charge in [-0.25, -0.2) is 0 Å². The lowest BCUT2D eigenvalue weighted by Crippen LogP contribution is -2.23. The van der Waals surface area contributed by atoms with E-state index in [0.29, 0.717) is 17.5 Å². The van der Waals surface area contributed by atoms with Gasteiger partial charge in [-0.1, -0.05) is 29.1 Å². The van der Waals surface area contributed by atoms with Crippen molar-refractivity contribution in [2.45, 2.75) is 36.5 Å². The molecule has 1 spiro atoms. The van der Waals surface area contributed by atoms with E-state index in [9.17, 15) is 13.2 Å². The molecule has 3 heterocycles. The molecule has 6 nitrogen and oxygen atoms in total. The highest BCUT2D eigenvalue weighted by atomic mass is 32.2. The van der Waals surface area contributed by atoms with Crippen molar-refractivity contribution in [1.29, 1.82) is 0 Å². The van der Waals surface area contributed by atoms with Crippen molar-refractivity contribution in [3.63, 3.8) is 0 Å². The van der Waals surface area contributed by atoms with Crippen LogP contribution in [0.15, 0.2) is 46.2 Å². The van der Waals surface area contributed by atoms with Crippen LogP contribution in [0.1, 0.15) is 36.3 Å². The van der Waals surface area contributed by atoms with Crippen LogP contribution in [0, 0.1) is 5.41 Å². The molecule has 10 heteroatoms. The van der Waals surface area contributed by atoms with Crippen molar-refractivity contribution in [2.75, 3.05) is 25.4 Å². The van der Waals surface area contributed by atoms with Crippen LogP contribution in [-0.4, -0.2) is 50.2 Å². The first-order valence-electron chi connectivity index (χ1n) is 10.7. The van der Waals surface area contributed by atoms with Gasteiger partial charge in [-0.3, -0.25) is 0 Å². The van der Waals surface area contributed by atoms with Crippen LogP contribution in [0.4, 0.5) is 13.2 Å². The largest absolute Gasteiger partial charge is 0.416 e. The number of alkyl halides is 3. The molecule has 2 aromatic heterocycles. The number of likely N-dealkylation sites (tertiary alicyclic amines) is 1. The molecule has 1 aromatic carbocycles. The van der Waals surface area contributed by atoms with E-state index in [2.05, 4.69) is 20.3 Å². The number of nitrogens with zero attached hydrogens (tertiary/aromatic N) is 5. The molecule has 0 N–H and O–H groups in total. The van der Waals surface area contributed by atoms with Gasteiger partial charge in [-0.05, 0) is 61.4 Å². The van der Waals surface area contributed by atoms with Crippen LogP contribution in [0.5, 0.6) is 0 Å². The van der Waals surface area contributed by atoms with Crippen LogP contribution in [0.3, 0.4) is 0 Å². The third-order valence-electron chi connectivity index (χ3n) is 6.64. The van der Waals surface area contributed by atoms with Gasteiger partial charge in [0.2, 0.25) is 11.6 Å². The smallest absolute Gasteiger partial charge is 0.353 e. The van der Waals surface area contributed by atoms with Crippen molar-refractivity contribution in [3.8, 4) is 11.6 Å². The van der Waals surface area contributed by atoms with Crippen LogP contribution < -0.4 is 0 Å². The molecule has 0 radical (unpaired) electrons. The Morgan fingerprint density at radius 3 is 2.72 bits per heavy atom. The Morgan fingerprint density at radius 1 is 1.19 bits per heavy atom. The number of halogens is 3. The van der Waals surface area contributed by atoms with Crippen LogP contribution in [-0.2, 0) is 13.2 Å². The van der Waals surface area contributed by atoms with Crippen molar-refractivity contribution in [2.24, 2.45) is 12.5 Å². The summed E-state index contributed by atoms with van der Waals surface area (Å²) in [4.78, 5) is 2.49. The summed E-state index contributed by atoms with van der Waals surface area (Å²) < 4.78 is 45.5. The number of rotatable bonds is 7. The first-order chi connectivity index (χ1) is 15.4. The summed E-state index contributed by atoms with van der Waals surface area (Å²) in [5.74, 6) is 2.59. The highest BCUT2D eigenvalue weighted by molar-refractivity contribution is 7.99. The third-order valence-corrected chi connectivity index (χ3v) is 7.74. The molecule has 5 rings (SSSR count). The summed E-state index contributed by atoms with van der Waals surface area (Å²) >= 11 is 1.67. The van der Waals surface area contributed by atoms with E-state index < -0.39 is 11.7 Å². The van der Waals surface area contributed by atoms with E-state index >= 15 is 0 Å². The molecule has 2 atom stereocenters. The Balaban J connectivity index is 1.08. The van der Waals surface area contributed by atoms with E-state index in [1.807, 2.05) is 11.6 Å². The Bertz CT molecular complexity index is 1070. The maximum atomic E-state index is 12.8. The quantitative estimate of drug-likeness (QED) is 0.369. The maximum Gasteiger partial charge on any atom is 0.416 e.